The lowest BCUT2D eigenvalue weighted by atomic mass is 9.58. The SMILES string of the molecule is CCC1CCC(CN)(C(C)(O)C(C)CC)CC1. The van der Waals surface area contributed by atoms with E-state index in [0.717, 1.165) is 25.2 Å². The van der Waals surface area contributed by atoms with Crippen LogP contribution in [0.2, 0.25) is 0 Å². The summed E-state index contributed by atoms with van der Waals surface area (Å²) in [7, 11) is 0. The van der Waals surface area contributed by atoms with Crippen molar-refractivity contribution < 1.29 is 5.11 Å². The molecule has 2 atom stereocenters. The minimum absolute atomic E-state index is 0.0475. The molecule has 0 aromatic rings. The maximum absolute atomic E-state index is 10.9. The lowest BCUT2D eigenvalue weighted by Gasteiger charge is -2.51. The summed E-state index contributed by atoms with van der Waals surface area (Å²) in [5.41, 5.74) is 5.38. The summed E-state index contributed by atoms with van der Waals surface area (Å²) in [5.74, 6) is 1.17. The van der Waals surface area contributed by atoms with E-state index in [1.165, 1.54) is 19.3 Å². The molecule has 0 radical (unpaired) electrons. The molecule has 0 aromatic carbocycles. The molecule has 0 aromatic heterocycles. The zero-order chi connectivity index (χ0) is 13.1. The third-order valence-electron chi connectivity index (χ3n) is 5.68. The maximum atomic E-state index is 10.9. The quantitative estimate of drug-likeness (QED) is 0.775. The van der Waals surface area contributed by atoms with E-state index in [1.807, 2.05) is 6.92 Å². The van der Waals surface area contributed by atoms with E-state index in [9.17, 15) is 5.11 Å². The molecule has 0 bridgehead atoms. The molecule has 1 rings (SSSR count). The van der Waals surface area contributed by atoms with E-state index in [1.54, 1.807) is 0 Å². The third kappa shape index (κ3) is 2.68. The van der Waals surface area contributed by atoms with Crippen LogP contribution in [-0.2, 0) is 0 Å². The molecule has 17 heavy (non-hydrogen) atoms. The molecule has 3 N–H and O–H groups in total. The van der Waals surface area contributed by atoms with E-state index < -0.39 is 5.60 Å². The zero-order valence-corrected chi connectivity index (χ0v) is 12.1. The Kier molecular flexibility index (Phi) is 5.03. The molecule has 0 heterocycles. The molecule has 2 heteroatoms. The largest absolute Gasteiger partial charge is 0.389 e. The Balaban J connectivity index is 2.83. The summed E-state index contributed by atoms with van der Waals surface area (Å²) in [6.07, 6.45) is 6.96. The number of rotatable bonds is 5. The predicted octanol–water partition coefficient (Wildman–Crippen LogP) is 3.33. The van der Waals surface area contributed by atoms with Gasteiger partial charge in [0.05, 0.1) is 5.60 Å². The van der Waals surface area contributed by atoms with Gasteiger partial charge in [-0.25, -0.2) is 0 Å². The number of hydrogen-bond acceptors (Lipinski definition) is 2. The van der Waals surface area contributed by atoms with Crippen molar-refractivity contribution in [1.82, 2.24) is 0 Å². The maximum Gasteiger partial charge on any atom is 0.0713 e. The second kappa shape index (κ2) is 5.71. The van der Waals surface area contributed by atoms with Gasteiger partial charge < -0.3 is 10.8 Å². The Morgan fingerprint density at radius 3 is 2.24 bits per heavy atom. The van der Waals surface area contributed by atoms with Crippen molar-refractivity contribution in [3.05, 3.63) is 0 Å². The zero-order valence-electron chi connectivity index (χ0n) is 12.1. The van der Waals surface area contributed by atoms with Gasteiger partial charge in [0.2, 0.25) is 0 Å². The molecular weight excluding hydrogens is 210 g/mol. The van der Waals surface area contributed by atoms with Gasteiger partial charge in [-0.05, 0) is 44.4 Å². The van der Waals surface area contributed by atoms with Crippen LogP contribution in [0.5, 0.6) is 0 Å². The van der Waals surface area contributed by atoms with Crippen molar-refractivity contribution in [1.29, 1.82) is 0 Å². The fraction of sp³-hybridized carbons (Fsp3) is 1.00. The van der Waals surface area contributed by atoms with Gasteiger partial charge in [0.15, 0.2) is 0 Å². The highest BCUT2D eigenvalue weighted by atomic mass is 16.3. The Morgan fingerprint density at radius 2 is 1.88 bits per heavy atom. The lowest BCUT2D eigenvalue weighted by molar-refractivity contribution is -0.127. The van der Waals surface area contributed by atoms with Gasteiger partial charge in [-0.15, -0.1) is 0 Å². The van der Waals surface area contributed by atoms with Crippen LogP contribution in [0.3, 0.4) is 0 Å². The van der Waals surface area contributed by atoms with Crippen molar-refractivity contribution in [3.63, 3.8) is 0 Å². The first kappa shape index (κ1) is 15.0. The first-order valence-corrected chi connectivity index (χ1v) is 7.36. The van der Waals surface area contributed by atoms with Crippen LogP contribution in [-0.4, -0.2) is 17.3 Å². The topological polar surface area (TPSA) is 46.2 Å². The summed E-state index contributed by atoms with van der Waals surface area (Å²) in [4.78, 5) is 0. The minimum Gasteiger partial charge on any atom is -0.389 e. The number of aliphatic hydroxyl groups is 1. The van der Waals surface area contributed by atoms with Crippen LogP contribution in [0.1, 0.15) is 66.2 Å². The molecule has 0 amide bonds. The van der Waals surface area contributed by atoms with Gasteiger partial charge in [0, 0.05) is 12.0 Å². The van der Waals surface area contributed by atoms with Gasteiger partial charge in [-0.1, -0.05) is 33.6 Å². The summed E-state index contributed by atoms with van der Waals surface area (Å²) >= 11 is 0. The molecule has 102 valence electrons. The van der Waals surface area contributed by atoms with Crippen molar-refractivity contribution in [3.8, 4) is 0 Å². The fourth-order valence-electron chi connectivity index (χ4n) is 3.48. The smallest absolute Gasteiger partial charge is 0.0713 e. The van der Waals surface area contributed by atoms with Crippen molar-refractivity contribution in [2.75, 3.05) is 6.54 Å². The van der Waals surface area contributed by atoms with Gasteiger partial charge in [-0.3, -0.25) is 0 Å². The monoisotopic (exact) mass is 241 g/mol. The summed E-state index contributed by atoms with van der Waals surface area (Å²) < 4.78 is 0. The first-order valence-electron chi connectivity index (χ1n) is 7.36. The van der Waals surface area contributed by atoms with Gasteiger partial charge >= 0.3 is 0 Å². The van der Waals surface area contributed by atoms with E-state index in [0.29, 0.717) is 12.5 Å². The highest BCUT2D eigenvalue weighted by molar-refractivity contribution is 5.01. The number of hydrogen-bond donors (Lipinski definition) is 2. The molecule has 1 aliphatic rings. The first-order chi connectivity index (χ1) is 7.93. The summed E-state index contributed by atoms with van der Waals surface area (Å²) in [5, 5.41) is 10.9. The van der Waals surface area contributed by atoms with Crippen molar-refractivity contribution in [2.45, 2.75) is 71.8 Å². The second-order valence-corrected chi connectivity index (χ2v) is 6.29. The lowest BCUT2D eigenvalue weighted by Crippen LogP contribution is -2.55. The molecule has 0 saturated heterocycles. The molecule has 0 spiro atoms. The van der Waals surface area contributed by atoms with E-state index in [2.05, 4.69) is 20.8 Å². The van der Waals surface area contributed by atoms with Gasteiger partial charge in [0.25, 0.3) is 0 Å². The Morgan fingerprint density at radius 1 is 1.35 bits per heavy atom. The van der Waals surface area contributed by atoms with E-state index in [4.69, 9.17) is 5.73 Å². The fourth-order valence-corrected chi connectivity index (χ4v) is 3.48. The Labute approximate surface area is 107 Å². The molecule has 1 fully saturated rings. The van der Waals surface area contributed by atoms with Crippen LogP contribution >= 0.6 is 0 Å². The normalized spacial score (nSPS) is 35.3. The summed E-state index contributed by atoms with van der Waals surface area (Å²) in [6.45, 7) is 9.22. The highest BCUT2D eigenvalue weighted by Gasteiger charge is 2.49. The Hall–Kier alpha value is -0.0800. The standard InChI is InChI=1S/C15H31NO/c1-5-12(3)14(4,17)15(11-16)9-7-13(6-2)8-10-15/h12-13,17H,5-11,16H2,1-4H3. The summed E-state index contributed by atoms with van der Waals surface area (Å²) in [6, 6.07) is 0. The number of nitrogens with two attached hydrogens (primary N) is 1. The molecular formula is C15H31NO. The van der Waals surface area contributed by atoms with Crippen LogP contribution < -0.4 is 5.73 Å². The van der Waals surface area contributed by atoms with Crippen LogP contribution in [0.25, 0.3) is 0 Å². The highest BCUT2D eigenvalue weighted by Crippen LogP contribution is 2.49. The van der Waals surface area contributed by atoms with Gasteiger partial charge in [0.1, 0.15) is 0 Å². The average Bonchev–Trinajstić information content (AvgIpc) is 2.37. The van der Waals surface area contributed by atoms with Crippen LogP contribution in [0, 0.1) is 17.3 Å². The van der Waals surface area contributed by atoms with Crippen molar-refractivity contribution >= 4 is 0 Å². The Bertz CT molecular complexity index is 229. The molecule has 0 aliphatic heterocycles. The minimum atomic E-state index is -0.616. The third-order valence-corrected chi connectivity index (χ3v) is 5.68. The molecule has 2 nitrogen and oxygen atoms in total. The average molecular weight is 241 g/mol. The van der Waals surface area contributed by atoms with Gasteiger partial charge in [-0.2, -0.15) is 0 Å². The van der Waals surface area contributed by atoms with Crippen LogP contribution in [0.15, 0.2) is 0 Å². The van der Waals surface area contributed by atoms with Crippen molar-refractivity contribution in [2.24, 2.45) is 23.0 Å². The predicted molar refractivity (Wildman–Crippen MR) is 73.8 cm³/mol. The molecule has 1 saturated carbocycles. The molecule has 1 aliphatic carbocycles. The van der Waals surface area contributed by atoms with Crippen LogP contribution in [0.4, 0.5) is 0 Å². The van der Waals surface area contributed by atoms with E-state index >= 15 is 0 Å². The molecule has 2 unspecified atom stereocenters. The second-order valence-electron chi connectivity index (χ2n) is 6.29. The van der Waals surface area contributed by atoms with E-state index in [-0.39, 0.29) is 5.41 Å².